The van der Waals surface area contributed by atoms with Gasteiger partial charge in [0, 0.05) is 39.8 Å². The number of esters is 4. The molecule has 0 unspecified atom stereocenters. The van der Waals surface area contributed by atoms with Crippen molar-refractivity contribution in [1.82, 2.24) is 4.90 Å². The molecular weight excluding hydrogens is 570 g/mol. The molecule has 0 spiro atoms. The van der Waals surface area contributed by atoms with Gasteiger partial charge >= 0.3 is 29.8 Å². The van der Waals surface area contributed by atoms with E-state index in [2.05, 4.69) is 0 Å². The molecule has 0 radical (unpaired) electrons. The van der Waals surface area contributed by atoms with Gasteiger partial charge in [-0.25, -0.2) is 4.79 Å². The van der Waals surface area contributed by atoms with Gasteiger partial charge in [0.25, 0.3) is 11.8 Å². The maximum absolute atomic E-state index is 13.0. The summed E-state index contributed by atoms with van der Waals surface area (Å²) in [6, 6.07) is 5.93. The van der Waals surface area contributed by atoms with Gasteiger partial charge in [-0.15, -0.1) is 0 Å². The fraction of sp³-hybridized carbons (Fsp3) is 0.207. The van der Waals surface area contributed by atoms with Crippen LogP contribution in [0, 0.1) is 0 Å². The molecule has 14 heteroatoms. The zero-order valence-electron chi connectivity index (χ0n) is 23.4. The normalized spacial score (nSPS) is 11.5. The number of amides is 2. The highest BCUT2D eigenvalue weighted by molar-refractivity contribution is 6.10. The zero-order valence-corrected chi connectivity index (χ0v) is 23.4. The van der Waals surface area contributed by atoms with Crippen LogP contribution in [0.1, 0.15) is 38.8 Å². The Morgan fingerprint density at radius 2 is 1.00 bits per heavy atom. The highest BCUT2D eigenvalue weighted by atomic mass is 16.6. The number of ether oxygens (including phenoxy) is 4. The molecule has 0 aliphatic carbocycles. The van der Waals surface area contributed by atoms with Crippen molar-refractivity contribution in [3.05, 3.63) is 59.7 Å². The summed E-state index contributed by atoms with van der Waals surface area (Å²) in [7, 11) is 0. The minimum atomic E-state index is -1.96. The van der Waals surface area contributed by atoms with Crippen molar-refractivity contribution in [3.8, 4) is 23.0 Å². The molecule has 2 rings (SSSR count). The largest absolute Gasteiger partial charge is 0.480 e. The lowest BCUT2D eigenvalue weighted by Crippen LogP contribution is -2.49. The Morgan fingerprint density at radius 1 is 0.651 bits per heavy atom. The fourth-order valence-corrected chi connectivity index (χ4v) is 3.39. The molecule has 0 aromatic heterocycles. The van der Waals surface area contributed by atoms with Crippen LogP contribution in [0.5, 0.6) is 23.0 Å². The third-order valence-corrected chi connectivity index (χ3v) is 5.03. The lowest BCUT2D eigenvalue weighted by molar-refractivity contribution is -0.156. The molecule has 2 amide bonds. The third kappa shape index (κ3) is 10.4. The molecule has 43 heavy (non-hydrogen) atoms. The molecule has 2 aromatic rings. The SMILES string of the molecule is CC(=O)Oc1ccc(C=CC(=O)N(C(=O)C=Cc2ccc(OC(C)=O)c(OC(C)=O)c2)[C@@H](CO)C(=O)O)cc1OC(C)=O. The van der Waals surface area contributed by atoms with E-state index in [0.717, 1.165) is 39.8 Å². The molecule has 14 nitrogen and oxygen atoms in total. The molecule has 0 saturated carbocycles. The van der Waals surface area contributed by atoms with E-state index in [1.807, 2.05) is 0 Å². The van der Waals surface area contributed by atoms with Crippen molar-refractivity contribution >= 4 is 53.8 Å². The number of carboxylic acids is 1. The number of carboxylic acid groups (broad SMARTS) is 1. The van der Waals surface area contributed by atoms with E-state index in [9.17, 15) is 43.8 Å². The maximum Gasteiger partial charge on any atom is 0.329 e. The van der Waals surface area contributed by atoms with E-state index in [0.29, 0.717) is 4.90 Å². The van der Waals surface area contributed by atoms with Crippen LogP contribution in [0.15, 0.2) is 48.6 Å². The molecule has 226 valence electrons. The first kappa shape index (κ1) is 33.6. The monoisotopic (exact) mass is 597 g/mol. The summed E-state index contributed by atoms with van der Waals surface area (Å²) in [5, 5.41) is 19.1. The molecule has 0 aliphatic heterocycles. The van der Waals surface area contributed by atoms with Crippen LogP contribution in [0.4, 0.5) is 0 Å². The minimum Gasteiger partial charge on any atom is -0.480 e. The van der Waals surface area contributed by atoms with Gasteiger partial charge in [0.2, 0.25) is 0 Å². The number of hydrogen-bond donors (Lipinski definition) is 2. The summed E-state index contributed by atoms with van der Waals surface area (Å²) >= 11 is 0. The first-order valence-corrected chi connectivity index (χ1v) is 12.3. The quantitative estimate of drug-likeness (QED) is 0.216. The summed E-state index contributed by atoms with van der Waals surface area (Å²) in [6.07, 6.45) is 4.05. The number of carbonyl (C=O) groups is 7. The van der Waals surface area contributed by atoms with Gasteiger partial charge in [-0.1, -0.05) is 12.1 Å². The Kier molecular flexibility index (Phi) is 12.0. The van der Waals surface area contributed by atoms with Crippen LogP contribution in [0.3, 0.4) is 0 Å². The van der Waals surface area contributed by atoms with Gasteiger partial charge in [0.15, 0.2) is 29.0 Å². The average Bonchev–Trinajstić information content (AvgIpc) is 2.90. The van der Waals surface area contributed by atoms with Crippen molar-refractivity contribution in [2.75, 3.05) is 6.61 Å². The highest BCUT2D eigenvalue weighted by Gasteiger charge is 2.32. The summed E-state index contributed by atoms with van der Waals surface area (Å²) < 4.78 is 20.0. The van der Waals surface area contributed by atoms with Crippen LogP contribution in [-0.4, -0.2) is 69.4 Å². The van der Waals surface area contributed by atoms with E-state index in [1.54, 1.807) is 0 Å². The molecule has 0 bridgehead atoms. The fourth-order valence-electron chi connectivity index (χ4n) is 3.39. The van der Waals surface area contributed by atoms with Crippen LogP contribution in [0.2, 0.25) is 0 Å². The molecule has 0 fully saturated rings. The van der Waals surface area contributed by atoms with Crippen molar-refractivity contribution < 1.29 is 62.7 Å². The van der Waals surface area contributed by atoms with Crippen LogP contribution < -0.4 is 18.9 Å². The smallest absolute Gasteiger partial charge is 0.329 e. The van der Waals surface area contributed by atoms with E-state index in [4.69, 9.17) is 18.9 Å². The van der Waals surface area contributed by atoms with E-state index in [-0.39, 0.29) is 34.1 Å². The summed E-state index contributed by atoms with van der Waals surface area (Å²) in [5.74, 6) is -7.14. The van der Waals surface area contributed by atoms with Gasteiger partial charge in [0.1, 0.15) is 0 Å². The Labute approximate surface area is 244 Å². The number of imide groups is 1. The predicted octanol–water partition coefficient (Wildman–Crippen LogP) is 1.92. The number of hydrogen-bond acceptors (Lipinski definition) is 12. The number of aliphatic carboxylic acids is 1. The van der Waals surface area contributed by atoms with Gasteiger partial charge < -0.3 is 29.2 Å². The Morgan fingerprint density at radius 3 is 1.30 bits per heavy atom. The van der Waals surface area contributed by atoms with Gasteiger partial charge in [-0.3, -0.25) is 33.7 Å². The van der Waals surface area contributed by atoms with Crippen LogP contribution in [0.25, 0.3) is 12.2 Å². The molecule has 0 aliphatic rings. The summed E-state index contributed by atoms with van der Waals surface area (Å²) in [5.41, 5.74) is 0.482. The lowest BCUT2D eigenvalue weighted by Gasteiger charge is -2.23. The second-order valence-corrected chi connectivity index (χ2v) is 8.54. The topological polar surface area (TPSA) is 200 Å². The van der Waals surface area contributed by atoms with Crippen molar-refractivity contribution in [1.29, 1.82) is 0 Å². The molecule has 2 aromatic carbocycles. The van der Waals surface area contributed by atoms with Crippen molar-refractivity contribution in [2.24, 2.45) is 0 Å². The number of nitrogens with zero attached hydrogens (tertiary/aromatic N) is 1. The third-order valence-electron chi connectivity index (χ3n) is 5.03. The first-order chi connectivity index (χ1) is 20.2. The number of rotatable bonds is 11. The Hall–Kier alpha value is -5.63. The van der Waals surface area contributed by atoms with E-state index < -0.39 is 54.3 Å². The molecule has 2 N–H and O–H groups in total. The number of benzene rings is 2. The standard InChI is InChI=1S/C29H27NO13/c1-16(32)40-23-9-5-20(13-25(23)42-18(3)34)7-11-27(36)30(22(15-31)29(38)39)28(37)12-8-21-6-10-24(41-17(2)33)26(14-21)43-19(4)35/h5-14,22,31H,15H2,1-4H3,(H,38,39)/t22-/m0/s1. The zero-order chi connectivity index (χ0) is 32.3. The van der Waals surface area contributed by atoms with E-state index >= 15 is 0 Å². The highest BCUT2D eigenvalue weighted by Crippen LogP contribution is 2.30. The Bertz CT molecular complexity index is 1400. The van der Waals surface area contributed by atoms with Crippen LogP contribution >= 0.6 is 0 Å². The van der Waals surface area contributed by atoms with Crippen molar-refractivity contribution in [3.63, 3.8) is 0 Å². The second-order valence-electron chi connectivity index (χ2n) is 8.54. The maximum atomic E-state index is 13.0. The first-order valence-electron chi connectivity index (χ1n) is 12.3. The second kappa shape index (κ2) is 15.4. The minimum absolute atomic E-state index is 0.0721. The molecule has 0 heterocycles. The number of aliphatic hydroxyl groups excluding tert-OH is 1. The number of aliphatic hydroxyl groups is 1. The molecule has 0 saturated heterocycles. The molecular formula is C29H27NO13. The van der Waals surface area contributed by atoms with Gasteiger partial charge in [-0.2, -0.15) is 0 Å². The lowest BCUT2D eigenvalue weighted by atomic mass is 10.1. The van der Waals surface area contributed by atoms with Crippen LogP contribution in [-0.2, 0) is 33.6 Å². The Balaban J connectivity index is 2.40. The van der Waals surface area contributed by atoms with Gasteiger partial charge in [-0.05, 0) is 47.5 Å². The van der Waals surface area contributed by atoms with Crippen molar-refractivity contribution in [2.45, 2.75) is 33.7 Å². The molecule has 1 atom stereocenters. The summed E-state index contributed by atoms with van der Waals surface area (Å²) in [4.78, 5) is 83.6. The predicted molar refractivity (Wildman–Crippen MR) is 147 cm³/mol. The number of carbonyl (C=O) groups excluding carboxylic acids is 6. The average molecular weight is 598 g/mol. The summed E-state index contributed by atoms with van der Waals surface area (Å²) in [6.45, 7) is 3.41. The van der Waals surface area contributed by atoms with Gasteiger partial charge in [0.05, 0.1) is 6.61 Å². The van der Waals surface area contributed by atoms with E-state index in [1.165, 1.54) is 48.6 Å².